The Bertz CT molecular complexity index is 899. The second-order valence-electron chi connectivity index (χ2n) is 7.43. The average molecular weight is 376 g/mol. The van der Waals surface area contributed by atoms with E-state index in [1.54, 1.807) is 0 Å². The van der Waals surface area contributed by atoms with Gasteiger partial charge in [0, 0.05) is 17.3 Å². The fourth-order valence-corrected chi connectivity index (χ4v) is 5.51. The third kappa shape index (κ3) is 2.00. The van der Waals surface area contributed by atoms with Gasteiger partial charge in [-0.3, -0.25) is 0 Å². The van der Waals surface area contributed by atoms with Crippen LogP contribution in [0.25, 0.3) is 0 Å². The van der Waals surface area contributed by atoms with Crippen LogP contribution in [0.15, 0.2) is 71.8 Å². The lowest BCUT2D eigenvalue weighted by atomic mass is 9.64. The Kier molecular flexibility index (Phi) is 3.71. The molecule has 0 N–H and O–H groups in total. The summed E-state index contributed by atoms with van der Waals surface area (Å²) < 4.78 is 16.1. The summed E-state index contributed by atoms with van der Waals surface area (Å²) in [7, 11) is 2.68. The van der Waals surface area contributed by atoms with Crippen LogP contribution in [0.4, 0.5) is 0 Å². The molecule has 1 aliphatic heterocycles. The lowest BCUT2D eigenvalue weighted by Crippen LogP contribution is -2.40. The van der Waals surface area contributed by atoms with E-state index >= 15 is 0 Å². The van der Waals surface area contributed by atoms with E-state index in [1.165, 1.54) is 14.2 Å². The van der Waals surface area contributed by atoms with Crippen molar-refractivity contribution in [1.29, 1.82) is 0 Å². The summed E-state index contributed by atoms with van der Waals surface area (Å²) in [6.07, 6.45) is -0.208. The molecular formula is C23H20O5. The zero-order chi connectivity index (χ0) is 19.5. The molecule has 0 amide bonds. The van der Waals surface area contributed by atoms with Crippen LogP contribution in [-0.2, 0) is 29.2 Å². The SMILES string of the molecule is COC(=O)C1=C(C(=O)OC)[C@H]2[C@H]3O[C@@H]3[C@@H]1C2(c1ccccc1)c1ccccc1. The Hall–Kier alpha value is -2.92. The van der Waals surface area contributed by atoms with Crippen LogP contribution < -0.4 is 0 Å². The highest BCUT2D eigenvalue weighted by Crippen LogP contribution is 2.70. The molecule has 2 aromatic rings. The summed E-state index contributed by atoms with van der Waals surface area (Å²) in [4.78, 5) is 25.6. The molecule has 0 spiro atoms. The van der Waals surface area contributed by atoms with Crippen LogP contribution in [0.2, 0.25) is 0 Å². The van der Waals surface area contributed by atoms with Crippen molar-refractivity contribution in [2.75, 3.05) is 14.2 Å². The number of methoxy groups -OCH3 is 2. The fraction of sp³-hybridized carbons (Fsp3) is 0.304. The number of hydrogen-bond donors (Lipinski definition) is 0. The second kappa shape index (κ2) is 6.04. The zero-order valence-electron chi connectivity index (χ0n) is 15.6. The minimum Gasteiger partial charge on any atom is -0.466 e. The standard InChI is InChI=1S/C23H20O5/c1-26-21(24)15-16(22(25)27-2)18-20-19(28-20)17(15)23(18,13-9-5-3-6-10-13)14-11-7-4-8-12-14/h3-12,17-20H,1-2H3/t17-,18+,19-,20-/m1/s1. The fourth-order valence-electron chi connectivity index (χ4n) is 5.51. The minimum atomic E-state index is -0.566. The molecule has 1 heterocycles. The summed E-state index contributed by atoms with van der Waals surface area (Å²) in [5.74, 6) is -1.57. The number of carbonyl (C=O) groups excluding carboxylic acids is 2. The molecule has 0 unspecified atom stereocenters. The second-order valence-corrected chi connectivity index (χ2v) is 7.43. The maximum atomic E-state index is 12.8. The molecule has 2 bridgehead atoms. The molecule has 0 radical (unpaired) electrons. The van der Waals surface area contributed by atoms with E-state index in [-0.39, 0.29) is 24.0 Å². The van der Waals surface area contributed by atoms with Gasteiger partial charge in [0.2, 0.25) is 0 Å². The molecule has 0 aromatic heterocycles. The number of benzene rings is 2. The van der Waals surface area contributed by atoms with Crippen molar-refractivity contribution in [3.63, 3.8) is 0 Å². The molecule has 5 rings (SSSR count). The lowest BCUT2D eigenvalue weighted by molar-refractivity contribution is -0.139. The number of rotatable bonds is 4. The summed E-state index contributed by atoms with van der Waals surface area (Å²) >= 11 is 0. The van der Waals surface area contributed by atoms with Gasteiger partial charge in [0.15, 0.2) is 0 Å². The van der Waals surface area contributed by atoms with Gasteiger partial charge in [0.25, 0.3) is 0 Å². The predicted molar refractivity (Wildman–Crippen MR) is 100 cm³/mol. The van der Waals surface area contributed by atoms with Crippen molar-refractivity contribution in [1.82, 2.24) is 0 Å². The smallest absolute Gasteiger partial charge is 0.334 e. The Morgan fingerprint density at radius 2 is 1.14 bits per heavy atom. The highest BCUT2D eigenvalue weighted by atomic mass is 16.6. The Morgan fingerprint density at radius 1 is 0.750 bits per heavy atom. The van der Waals surface area contributed by atoms with Crippen molar-refractivity contribution in [3.05, 3.63) is 82.9 Å². The Morgan fingerprint density at radius 3 is 1.50 bits per heavy atom. The summed E-state index contributed by atoms with van der Waals surface area (Å²) in [5.41, 5.74) is 2.35. The summed E-state index contributed by atoms with van der Waals surface area (Å²) in [6.45, 7) is 0. The predicted octanol–water partition coefficient (Wildman–Crippen LogP) is 2.64. The normalized spacial score (nSPS) is 28.6. The van der Waals surface area contributed by atoms with Crippen LogP contribution >= 0.6 is 0 Å². The van der Waals surface area contributed by atoms with E-state index in [0.717, 1.165) is 11.1 Å². The van der Waals surface area contributed by atoms with Gasteiger partial charge in [-0.15, -0.1) is 0 Å². The first kappa shape index (κ1) is 17.2. The van der Waals surface area contributed by atoms with E-state index < -0.39 is 17.4 Å². The molecule has 4 atom stereocenters. The molecule has 1 saturated carbocycles. The number of ether oxygens (including phenoxy) is 3. The first-order valence-corrected chi connectivity index (χ1v) is 9.33. The molecule has 3 aliphatic rings. The van der Waals surface area contributed by atoms with E-state index in [2.05, 4.69) is 24.3 Å². The van der Waals surface area contributed by atoms with Gasteiger partial charge < -0.3 is 14.2 Å². The molecule has 1 saturated heterocycles. The molecular weight excluding hydrogens is 356 g/mol. The van der Waals surface area contributed by atoms with Gasteiger partial charge in [-0.2, -0.15) is 0 Å². The monoisotopic (exact) mass is 376 g/mol. The van der Waals surface area contributed by atoms with Gasteiger partial charge in [0.05, 0.1) is 37.6 Å². The largest absolute Gasteiger partial charge is 0.466 e. The first-order valence-electron chi connectivity index (χ1n) is 9.33. The first-order chi connectivity index (χ1) is 13.7. The van der Waals surface area contributed by atoms with Crippen LogP contribution in [0.3, 0.4) is 0 Å². The van der Waals surface area contributed by atoms with E-state index in [0.29, 0.717) is 11.1 Å². The van der Waals surface area contributed by atoms with E-state index in [1.807, 2.05) is 36.4 Å². The molecule has 142 valence electrons. The number of hydrogen-bond acceptors (Lipinski definition) is 5. The van der Waals surface area contributed by atoms with E-state index in [9.17, 15) is 9.59 Å². The maximum absolute atomic E-state index is 12.8. The van der Waals surface area contributed by atoms with Crippen LogP contribution in [0.1, 0.15) is 11.1 Å². The van der Waals surface area contributed by atoms with Crippen molar-refractivity contribution in [3.8, 4) is 0 Å². The molecule has 5 heteroatoms. The quantitative estimate of drug-likeness (QED) is 0.606. The Balaban J connectivity index is 1.82. The number of carbonyl (C=O) groups is 2. The number of esters is 2. The van der Waals surface area contributed by atoms with Crippen LogP contribution in [0, 0.1) is 11.8 Å². The number of fused-ring (bicyclic) bond motifs is 5. The molecule has 2 aliphatic carbocycles. The van der Waals surface area contributed by atoms with E-state index in [4.69, 9.17) is 14.2 Å². The highest BCUT2D eigenvalue weighted by Gasteiger charge is 2.77. The molecule has 5 nitrogen and oxygen atoms in total. The maximum Gasteiger partial charge on any atom is 0.334 e. The highest BCUT2D eigenvalue weighted by molar-refractivity contribution is 6.04. The van der Waals surface area contributed by atoms with Crippen molar-refractivity contribution >= 4 is 11.9 Å². The van der Waals surface area contributed by atoms with Crippen molar-refractivity contribution in [2.24, 2.45) is 11.8 Å². The molecule has 2 fully saturated rings. The minimum absolute atomic E-state index is 0.104. The summed E-state index contributed by atoms with van der Waals surface area (Å²) in [6, 6.07) is 20.1. The topological polar surface area (TPSA) is 65.1 Å². The molecule has 2 aromatic carbocycles. The van der Waals surface area contributed by atoms with Gasteiger partial charge in [0.1, 0.15) is 0 Å². The van der Waals surface area contributed by atoms with Crippen molar-refractivity contribution < 1.29 is 23.8 Å². The average Bonchev–Trinajstić information content (AvgIpc) is 3.43. The van der Waals surface area contributed by atoms with Gasteiger partial charge in [-0.1, -0.05) is 60.7 Å². The third-order valence-electron chi connectivity index (χ3n) is 6.43. The van der Waals surface area contributed by atoms with Crippen LogP contribution in [0.5, 0.6) is 0 Å². The van der Waals surface area contributed by atoms with Gasteiger partial charge in [-0.25, -0.2) is 9.59 Å². The number of epoxide rings is 1. The Labute approximate surface area is 162 Å². The van der Waals surface area contributed by atoms with Gasteiger partial charge in [-0.05, 0) is 11.1 Å². The summed E-state index contributed by atoms with van der Waals surface area (Å²) in [5, 5.41) is 0. The lowest BCUT2D eigenvalue weighted by Gasteiger charge is -2.38. The zero-order valence-corrected chi connectivity index (χ0v) is 15.6. The van der Waals surface area contributed by atoms with Crippen LogP contribution in [-0.4, -0.2) is 38.4 Å². The van der Waals surface area contributed by atoms with Crippen molar-refractivity contribution in [2.45, 2.75) is 17.6 Å². The molecule has 28 heavy (non-hydrogen) atoms. The third-order valence-corrected chi connectivity index (χ3v) is 6.43. The van der Waals surface area contributed by atoms with Gasteiger partial charge >= 0.3 is 11.9 Å².